The van der Waals surface area contributed by atoms with Gasteiger partial charge in [0.25, 0.3) is 0 Å². The molecule has 3 nitrogen and oxygen atoms in total. The van der Waals surface area contributed by atoms with Crippen molar-refractivity contribution < 1.29 is 9.90 Å². The van der Waals surface area contributed by atoms with Crippen LogP contribution >= 0.6 is 0 Å². The Morgan fingerprint density at radius 2 is 2.00 bits per heavy atom. The van der Waals surface area contributed by atoms with Gasteiger partial charge >= 0.3 is 74.9 Å². The zero-order valence-corrected chi connectivity index (χ0v) is 3.51. The quantitative estimate of drug-likeness (QED) is 0.585. The summed E-state index contributed by atoms with van der Waals surface area (Å²) in [5.41, 5.74) is 4.84. The predicted molar refractivity (Wildman–Crippen MR) is 28.4 cm³/mol. The first kappa shape index (κ1) is 11.3. The molecule has 0 spiro atoms. The molecule has 0 amide bonds. The molecule has 0 rings (SSSR count). The van der Waals surface area contributed by atoms with Gasteiger partial charge in [-0.05, 0) is 6.92 Å². The molecule has 0 aliphatic rings. The van der Waals surface area contributed by atoms with E-state index in [1.165, 1.54) is 6.92 Å². The van der Waals surface area contributed by atoms with Crippen LogP contribution < -0.4 is 5.73 Å². The second kappa shape index (κ2) is 5.62. The van der Waals surface area contributed by atoms with Crippen molar-refractivity contribution in [3.8, 4) is 0 Å². The van der Waals surface area contributed by atoms with Crippen LogP contribution in [-0.2, 0) is 4.79 Å². The van der Waals surface area contributed by atoms with Crippen LogP contribution in [0.3, 0.4) is 0 Å². The van der Waals surface area contributed by atoms with Gasteiger partial charge in [-0.2, -0.15) is 0 Å². The average molecular weight is 223 g/mol. The van der Waals surface area contributed by atoms with Gasteiger partial charge < -0.3 is 10.8 Å². The monoisotopic (exact) mass is 223 g/mol. The van der Waals surface area contributed by atoms with E-state index < -0.39 is 12.0 Å². The van der Waals surface area contributed by atoms with Crippen LogP contribution in [0.15, 0.2) is 0 Å². The van der Waals surface area contributed by atoms with Crippen molar-refractivity contribution in [3.63, 3.8) is 0 Å². The second-order valence-electron chi connectivity index (χ2n) is 1.13. The predicted octanol–water partition coefficient (Wildman–Crippen LogP) is -1.23. The third-order valence-electron chi connectivity index (χ3n) is 0.390. The Morgan fingerprint density at radius 3 is 2.00 bits per heavy atom. The first-order valence-corrected chi connectivity index (χ1v) is 1.63. The Bertz CT molecular complexity index is 64.0. The second-order valence-corrected chi connectivity index (χ2v) is 1.13. The molecule has 1 atom stereocenters. The molecule has 0 unspecified atom stereocenters. The summed E-state index contributed by atoms with van der Waals surface area (Å²) in [6.07, 6.45) is 0. The van der Waals surface area contributed by atoms with E-state index in [0.29, 0.717) is 0 Å². The topological polar surface area (TPSA) is 63.3 Å². The Labute approximate surface area is 101 Å². The molecule has 0 aliphatic carbocycles. The first-order chi connectivity index (χ1) is 2.64. The number of carboxylic acid groups (broad SMARTS) is 1. The van der Waals surface area contributed by atoms with E-state index in [4.69, 9.17) is 10.8 Å². The van der Waals surface area contributed by atoms with E-state index in [1.807, 2.05) is 0 Å². The molecule has 0 aromatic rings. The fourth-order valence-electron chi connectivity index (χ4n) is 0. The molecular weight excluding hydrogens is 215 g/mol. The van der Waals surface area contributed by atoms with Gasteiger partial charge in [-0.15, -0.1) is 0 Å². The van der Waals surface area contributed by atoms with Gasteiger partial charge in [-0.3, -0.25) is 4.79 Å². The van der Waals surface area contributed by atoms with Crippen LogP contribution in [0.2, 0.25) is 0 Å². The molecule has 0 radical (unpaired) electrons. The maximum atomic E-state index is 9.57. The summed E-state index contributed by atoms with van der Waals surface area (Å²) < 4.78 is 0. The molecular formula is C3H8CsNO2. The van der Waals surface area contributed by atoms with Crippen LogP contribution in [0.4, 0.5) is 0 Å². The van der Waals surface area contributed by atoms with Crippen LogP contribution in [0, 0.1) is 0 Å². The minimum absolute atomic E-state index is 0. The van der Waals surface area contributed by atoms with Gasteiger partial charge in [0.1, 0.15) is 6.04 Å². The van der Waals surface area contributed by atoms with Crippen molar-refractivity contribution in [1.29, 1.82) is 0 Å². The molecule has 0 saturated heterocycles. The molecule has 0 aromatic heterocycles. The number of aliphatic carboxylic acids is 1. The molecule has 4 heteroatoms. The summed E-state index contributed by atoms with van der Waals surface area (Å²) in [6, 6.07) is -0.731. The molecule has 0 fully saturated rings. The Morgan fingerprint density at radius 1 is 1.86 bits per heavy atom. The molecule has 0 bridgehead atoms. The molecule has 0 aromatic carbocycles. The normalized spacial score (nSPS) is 11.7. The number of hydrogen-bond acceptors (Lipinski definition) is 2. The fraction of sp³-hybridized carbons (Fsp3) is 0.667. The molecule has 0 aliphatic heterocycles. The Kier molecular flexibility index (Phi) is 9.07. The zero-order valence-electron chi connectivity index (χ0n) is 3.51. The third-order valence-corrected chi connectivity index (χ3v) is 0.390. The fourth-order valence-corrected chi connectivity index (χ4v) is 0. The van der Waals surface area contributed by atoms with Crippen molar-refractivity contribution in [1.82, 2.24) is 0 Å². The van der Waals surface area contributed by atoms with E-state index >= 15 is 0 Å². The molecule has 38 valence electrons. The molecule has 0 saturated carbocycles. The van der Waals surface area contributed by atoms with E-state index in [-0.39, 0.29) is 68.9 Å². The van der Waals surface area contributed by atoms with Gasteiger partial charge in [0.2, 0.25) is 0 Å². The summed E-state index contributed by atoms with van der Waals surface area (Å²) in [5.74, 6) is -0.963. The van der Waals surface area contributed by atoms with E-state index in [1.54, 1.807) is 0 Å². The summed E-state index contributed by atoms with van der Waals surface area (Å²) in [6.45, 7) is 1.42. The first-order valence-electron chi connectivity index (χ1n) is 1.63. The van der Waals surface area contributed by atoms with Gasteiger partial charge in [-0.1, -0.05) is 0 Å². The van der Waals surface area contributed by atoms with Crippen LogP contribution in [-0.4, -0.2) is 86.0 Å². The van der Waals surface area contributed by atoms with Crippen LogP contribution in [0.5, 0.6) is 0 Å². The number of carbonyl (C=O) groups is 1. The van der Waals surface area contributed by atoms with Crippen molar-refractivity contribution >= 4 is 74.9 Å². The van der Waals surface area contributed by atoms with Crippen molar-refractivity contribution in [2.24, 2.45) is 5.73 Å². The maximum absolute atomic E-state index is 9.57. The number of carboxylic acids is 1. The van der Waals surface area contributed by atoms with E-state index in [9.17, 15) is 4.79 Å². The van der Waals surface area contributed by atoms with Gasteiger partial charge in [0, 0.05) is 0 Å². The molecule has 3 N–H and O–H groups in total. The number of nitrogens with two attached hydrogens (primary N) is 1. The summed E-state index contributed by atoms with van der Waals surface area (Å²) in [7, 11) is 0. The van der Waals surface area contributed by atoms with Crippen molar-refractivity contribution in [3.05, 3.63) is 0 Å². The third kappa shape index (κ3) is 7.48. The number of hydrogen-bond donors (Lipinski definition) is 2. The van der Waals surface area contributed by atoms with Gasteiger partial charge in [0.05, 0.1) is 0 Å². The van der Waals surface area contributed by atoms with Gasteiger partial charge in [-0.25, -0.2) is 0 Å². The van der Waals surface area contributed by atoms with E-state index in [2.05, 4.69) is 0 Å². The van der Waals surface area contributed by atoms with Crippen LogP contribution in [0.1, 0.15) is 6.92 Å². The Hall–Kier alpha value is 1.48. The van der Waals surface area contributed by atoms with Gasteiger partial charge in [0.15, 0.2) is 0 Å². The van der Waals surface area contributed by atoms with Crippen LogP contribution in [0.25, 0.3) is 0 Å². The summed E-state index contributed by atoms with van der Waals surface area (Å²) in [4.78, 5) is 9.57. The van der Waals surface area contributed by atoms with Crippen molar-refractivity contribution in [2.75, 3.05) is 0 Å². The average Bonchev–Trinajstić information content (AvgIpc) is 1.36. The number of rotatable bonds is 1. The standard InChI is InChI=1S/C3H7NO2.Cs.H/c1-2(4)3(5)6;;/h2H,4H2,1H3,(H,5,6);;/t2-;;/m0../s1. The summed E-state index contributed by atoms with van der Waals surface area (Å²) >= 11 is 0. The zero-order chi connectivity index (χ0) is 5.15. The summed E-state index contributed by atoms with van der Waals surface area (Å²) in [5, 5.41) is 7.87. The Balaban J connectivity index is 0. The minimum atomic E-state index is -0.963. The van der Waals surface area contributed by atoms with E-state index in [0.717, 1.165) is 0 Å². The SMILES string of the molecule is C[C@H](N)C(=O)O.[CsH]. The molecule has 7 heavy (non-hydrogen) atoms. The van der Waals surface area contributed by atoms with Crippen molar-refractivity contribution in [2.45, 2.75) is 13.0 Å². The molecule has 0 heterocycles.